The zero-order chi connectivity index (χ0) is 19.8. The molecule has 8 nitrogen and oxygen atoms in total. The van der Waals surface area contributed by atoms with Crippen LogP contribution in [0.4, 0.5) is 0 Å². The number of hydrogen-bond donors (Lipinski definition) is 2. The number of nitrogens with one attached hydrogen (secondary N) is 1. The van der Waals surface area contributed by atoms with Crippen molar-refractivity contribution in [3.05, 3.63) is 40.4 Å². The highest BCUT2D eigenvalue weighted by Crippen LogP contribution is 2.36. The summed E-state index contributed by atoms with van der Waals surface area (Å²) in [5.41, 5.74) is 2.92. The topological polar surface area (TPSA) is 98.6 Å². The van der Waals surface area contributed by atoms with Gasteiger partial charge in [-0.3, -0.25) is 4.79 Å². The Balaban J connectivity index is 1.96. The molecule has 0 fully saturated rings. The number of carbonyl (C=O) groups is 1. The van der Waals surface area contributed by atoms with E-state index in [2.05, 4.69) is 26.5 Å². The van der Waals surface area contributed by atoms with Crippen molar-refractivity contribution in [2.45, 2.75) is 0 Å². The van der Waals surface area contributed by atoms with E-state index in [1.54, 1.807) is 30.3 Å². The van der Waals surface area contributed by atoms with Crippen LogP contribution in [0.5, 0.6) is 28.7 Å². The summed E-state index contributed by atoms with van der Waals surface area (Å²) in [5, 5.41) is 13.7. The minimum atomic E-state index is -0.450. The number of halogens is 1. The number of amides is 1. The first-order chi connectivity index (χ1) is 13.0. The largest absolute Gasteiger partial charge is 0.502 e. The van der Waals surface area contributed by atoms with Gasteiger partial charge in [0.15, 0.2) is 29.6 Å². The summed E-state index contributed by atoms with van der Waals surface area (Å²) >= 11 is 3.33. The molecule has 0 unspecified atom stereocenters. The van der Waals surface area contributed by atoms with Crippen LogP contribution < -0.4 is 24.4 Å². The number of methoxy groups -OCH3 is 3. The number of hydrogen-bond acceptors (Lipinski definition) is 7. The van der Waals surface area contributed by atoms with Crippen molar-refractivity contribution in [1.29, 1.82) is 0 Å². The average molecular weight is 439 g/mol. The van der Waals surface area contributed by atoms with Gasteiger partial charge in [0.1, 0.15) is 0 Å². The maximum Gasteiger partial charge on any atom is 0.277 e. The van der Waals surface area contributed by atoms with Crippen molar-refractivity contribution in [2.24, 2.45) is 5.10 Å². The Morgan fingerprint density at radius 3 is 2.30 bits per heavy atom. The van der Waals surface area contributed by atoms with E-state index in [1.807, 2.05) is 0 Å². The zero-order valence-corrected chi connectivity index (χ0v) is 16.6. The molecule has 2 N–H and O–H groups in total. The first-order valence-electron chi connectivity index (χ1n) is 7.71. The van der Waals surface area contributed by atoms with Crippen LogP contribution in [0.15, 0.2) is 39.9 Å². The lowest BCUT2D eigenvalue weighted by Gasteiger charge is -2.10. The highest BCUT2D eigenvalue weighted by molar-refractivity contribution is 9.10. The van der Waals surface area contributed by atoms with Crippen LogP contribution in [0.2, 0.25) is 0 Å². The van der Waals surface area contributed by atoms with Gasteiger partial charge in [0.25, 0.3) is 5.91 Å². The van der Waals surface area contributed by atoms with Gasteiger partial charge in [-0.05, 0) is 30.3 Å². The summed E-state index contributed by atoms with van der Waals surface area (Å²) < 4.78 is 21.6. The fraction of sp³-hybridized carbons (Fsp3) is 0.222. The van der Waals surface area contributed by atoms with Crippen molar-refractivity contribution >= 4 is 28.1 Å². The molecule has 0 aliphatic carbocycles. The van der Waals surface area contributed by atoms with E-state index in [0.717, 1.165) is 4.47 Å². The molecule has 0 saturated carbocycles. The molecule has 27 heavy (non-hydrogen) atoms. The Labute approximate surface area is 164 Å². The number of ether oxygens (including phenoxy) is 4. The minimum absolute atomic E-state index is 0.113. The summed E-state index contributed by atoms with van der Waals surface area (Å²) in [4.78, 5) is 11.9. The monoisotopic (exact) mass is 438 g/mol. The molecule has 2 aromatic carbocycles. The Hall–Kier alpha value is -2.94. The number of benzene rings is 2. The molecular formula is C18H19BrN2O6. The summed E-state index contributed by atoms with van der Waals surface area (Å²) in [5.74, 6) is 0.837. The lowest BCUT2D eigenvalue weighted by atomic mass is 10.2. The average Bonchev–Trinajstić information content (AvgIpc) is 2.67. The second-order valence-corrected chi connectivity index (χ2v) is 6.07. The molecular weight excluding hydrogens is 420 g/mol. The van der Waals surface area contributed by atoms with Gasteiger partial charge in [0.2, 0.25) is 5.75 Å². The highest BCUT2D eigenvalue weighted by Gasteiger charge is 2.11. The summed E-state index contributed by atoms with van der Waals surface area (Å²) in [7, 11) is 4.36. The van der Waals surface area contributed by atoms with Gasteiger partial charge in [0, 0.05) is 10.0 Å². The fourth-order valence-electron chi connectivity index (χ4n) is 2.10. The Morgan fingerprint density at radius 2 is 1.70 bits per heavy atom. The fourth-order valence-corrected chi connectivity index (χ4v) is 2.44. The third-order valence-electron chi connectivity index (χ3n) is 3.39. The van der Waals surface area contributed by atoms with Crippen LogP contribution >= 0.6 is 15.9 Å². The van der Waals surface area contributed by atoms with Crippen molar-refractivity contribution in [3.8, 4) is 28.7 Å². The number of phenolic OH excluding ortho intramolecular Hbond substituents is 1. The van der Waals surface area contributed by atoms with E-state index in [1.165, 1.54) is 27.5 Å². The molecule has 0 atom stereocenters. The highest BCUT2D eigenvalue weighted by atomic mass is 79.9. The number of nitrogens with zero attached hydrogens (tertiary/aromatic N) is 1. The second kappa shape index (κ2) is 9.67. The summed E-state index contributed by atoms with van der Waals surface area (Å²) in [6.45, 7) is -0.239. The molecule has 9 heteroatoms. The van der Waals surface area contributed by atoms with E-state index in [-0.39, 0.29) is 23.9 Å². The Bertz CT molecular complexity index is 816. The maximum atomic E-state index is 11.9. The van der Waals surface area contributed by atoms with E-state index >= 15 is 0 Å². The van der Waals surface area contributed by atoms with Gasteiger partial charge in [0.05, 0.1) is 27.5 Å². The van der Waals surface area contributed by atoms with Crippen LogP contribution in [0.1, 0.15) is 5.56 Å². The predicted molar refractivity (Wildman–Crippen MR) is 103 cm³/mol. The Kier molecular flexibility index (Phi) is 7.30. The normalized spacial score (nSPS) is 10.5. The molecule has 0 heterocycles. The lowest BCUT2D eigenvalue weighted by Crippen LogP contribution is -2.24. The molecule has 0 aliphatic heterocycles. The smallest absolute Gasteiger partial charge is 0.277 e. The standard InChI is InChI=1S/C18H19BrN2O6/c1-24-14-8-12(19)4-5-13(14)27-10-17(22)21-20-9-11-6-15(25-2)18(23)16(7-11)26-3/h4-9,23H,10H2,1-3H3,(H,21,22)/b20-9+. The van der Waals surface area contributed by atoms with Crippen LogP contribution in [-0.4, -0.2) is 45.2 Å². The van der Waals surface area contributed by atoms with E-state index in [4.69, 9.17) is 18.9 Å². The third kappa shape index (κ3) is 5.52. The Morgan fingerprint density at radius 1 is 1.07 bits per heavy atom. The minimum Gasteiger partial charge on any atom is -0.502 e. The molecule has 0 spiro atoms. The predicted octanol–water partition coefficient (Wildman–Crippen LogP) is 2.71. The molecule has 0 saturated heterocycles. The van der Waals surface area contributed by atoms with E-state index < -0.39 is 5.91 Å². The van der Waals surface area contributed by atoms with Crippen molar-refractivity contribution in [1.82, 2.24) is 5.43 Å². The zero-order valence-electron chi connectivity index (χ0n) is 15.0. The number of rotatable bonds is 8. The van der Waals surface area contributed by atoms with E-state index in [9.17, 15) is 9.90 Å². The van der Waals surface area contributed by atoms with Crippen LogP contribution in [0, 0.1) is 0 Å². The van der Waals surface area contributed by atoms with Crippen LogP contribution in [-0.2, 0) is 4.79 Å². The van der Waals surface area contributed by atoms with Crippen molar-refractivity contribution in [2.75, 3.05) is 27.9 Å². The van der Waals surface area contributed by atoms with Crippen molar-refractivity contribution < 1.29 is 28.8 Å². The second-order valence-electron chi connectivity index (χ2n) is 5.15. The van der Waals surface area contributed by atoms with Gasteiger partial charge in [-0.15, -0.1) is 0 Å². The van der Waals surface area contributed by atoms with Crippen LogP contribution in [0.25, 0.3) is 0 Å². The molecule has 144 valence electrons. The quantitative estimate of drug-likeness (QED) is 0.485. The SMILES string of the molecule is COc1cc(Br)ccc1OCC(=O)N/N=C/c1cc(OC)c(O)c(OC)c1. The van der Waals surface area contributed by atoms with E-state index in [0.29, 0.717) is 17.1 Å². The molecule has 0 bridgehead atoms. The first kappa shape index (κ1) is 20.4. The first-order valence-corrected chi connectivity index (χ1v) is 8.51. The molecule has 0 aliphatic rings. The number of carbonyl (C=O) groups excluding carboxylic acids is 1. The van der Waals surface area contributed by atoms with Gasteiger partial charge < -0.3 is 24.1 Å². The maximum absolute atomic E-state index is 11.9. The van der Waals surface area contributed by atoms with Gasteiger partial charge in [-0.2, -0.15) is 5.10 Å². The molecule has 1 amide bonds. The molecule has 0 aromatic heterocycles. The lowest BCUT2D eigenvalue weighted by molar-refractivity contribution is -0.123. The molecule has 2 aromatic rings. The summed E-state index contributed by atoms with van der Waals surface area (Å²) in [6, 6.07) is 8.30. The number of hydrazone groups is 1. The molecule has 0 radical (unpaired) electrons. The van der Waals surface area contributed by atoms with Gasteiger partial charge >= 0.3 is 0 Å². The molecule has 2 rings (SSSR count). The number of phenols is 1. The third-order valence-corrected chi connectivity index (χ3v) is 3.88. The van der Waals surface area contributed by atoms with Crippen molar-refractivity contribution in [3.63, 3.8) is 0 Å². The van der Waals surface area contributed by atoms with Crippen LogP contribution in [0.3, 0.4) is 0 Å². The number of aromatic hydroxyl groups is 1. The van der Waals surface area contributed by atoms with Gasteiger partial charge in [-0.1, -0.05) is 15.9 Å². The summed E-state index contributed by atoms with van der Waals surface area (Å²) in [6.07, 6.45) is 1.39. The van der Waals surface area contributed by atoms with Gasteiger partial charge in [-0.25, -0.2) is 5.43 Å².